The van der Waals surface area contributed by atoms with Crippen molar-refractivity contribution in [1.82, 2.24) is 14.9 Å². The second-order valence-electron chi connectivity index (χ2n) is 5.89. The average molecular weight is 379 g/mol. The van der Waals surface area contributed by atoms with Gasteiger partial charge >= 0.3 is 0 Å². The van der Waals surface area contributed by atoms with Crippen LogP contribution in [0.2, 0.25) is 10.0 Å². The van der Waals surface area contributed by atoms with Gasteiger partial charge in [0.2, 0.25) is 5.88 Å². The van der Waals surface area contributed by atoms with Crippen molar-refractivity contribution in [3.05, 3.63) is 45.7 Å². The molecule has 4 N–H and O–H groups in total. The van der Waals surface area contributed by atoms with Crippen molar-refractivity contribution in [3.63, 3.8) is 0 Å². The van der Waals surface area contributed by atoms with Gasteiger partial charge in [-0.05, 0) is 31.7 Å². The Morgan fingerprint density at radius 2 is 2.08 bits per heavy atom. The van der Waals surface area contributed by atoms with E-state index in [4.69, 9.17) is 28.9 Å². The molecule has 0 saturated carbocycles. The van der Waals surface area contributed by atoms with E-state index in [2.05, 4.69) is 10.3 Å². The number of hydrogen-bond donors (Lipinski definition) is 3. The van der Waals surface area contributed by atoms with Crippen molar-refractivity contribution < 1.29 is 5.11 Å². The average Bonchev–Trinajstić information content (AvgIpc) is 2.87. The third-order valence-corrected chi connectivity index (χ3v) is 4.86. The van der Waals surface area contributed by atoms with Gasteiger partial charge in [-0.1, -0.05) is 29.3 Å². The van der Waals surface area contributed by atoms with Gasteiger partial charge in [-0.2, -0.15) is 0 Å². The van der Waals surface area contributed by atoms with E-state index >= 15 is 0 Å². The maximum absolute atomic E-state index is 10.8. The number of nitrogens with two attached hydrogens (primary N) is 1. The fraction of sp³-hybridized carbons (Fsp3) is 0.278. The Morgan fingerprint density at radius 1 is 1.32 bits per heavy atom. The zero-order chi connectivity index (χ0) is 18.1. The molecule has 0 spiro atoms. The normalized spacial score (nSPS) is 11.4. The third kappa shape index (κ3) is 3.20. The van der Waals surface area contributed by atoms with E-state index in [1.165, 1.54) is 0 Å². The minimum Gasteiger partial charge on any atom is -0.494 e. The summed E-state index contributed by atoms with van der Waals surface area (Å²) in [6, 6.07) is 5.32. The van der Waals surface area contributed by atoms with Gasteiger partial charge in [-0.25, -0.2) is 0 Å². The lowest BCUT2D eigenvalue weighted by atomic mass is 9.95. The largest absolute Gasteiger partial charge is 0.494 e. The second kappa shape index (κ2) is 7.22. The van der Waals surface area contributed by atoms with Gasteiger partial charge < -0.3 is 20.7 Å². The lowest BCUT2D eigenvalue weighted by Crippen LogP contribution is -2.13. The molecule has 0 amide bonds. The molecule has 132 valence electrons. The first-order valence-corrected chi connectivity index (χ1v) is 8.74. The van der Waals surface area contributed by atoms with Crippen molar-refractivity contribution in [3.8, 4) is 17.0 Å². The van der Waals surface area contributed by atoms with E-state index in [1.54, 1.807) is 16.7 Å². The first-order valence-electron chi connectivity index (χ1n) is 7.99. The van der Waals surface area contributed by atoms with E-state index in [-0.39, 0.29) is 5.88 Å². The van der Waals surface area contributed by atoms with E-state index in [9.17, 15) is 5.11 Å². The molecule has 0 aliphatic carbocycles. The Morgan fingerprint density at radius 3 is 2.72 bits per heavy atom. The highest BCUT2D eigenvalue weighted by Crippen LogP contribution is 2.42. The van der Waals surface area contributed by atoms with Crippen molar-refractivity contribution in [2.75, 3.05) is 13.6 Å². The molecule has 0 aliphatic rings. The Kier molecular flexibility index (Phi) is 5.20. The number of fused-ring (bicyclic) bond motifs is 1. The summed E-state index contributed by atoms with van der Waals surface area (Å²) < 4.78 is 1.78. The van der Waals surface area contributed by atoms with E-state index in [0.29, 0.717) is 34.0 Å². The Labute approximate surface area is 156 Å². The topological polar surface area (TPSA) is 76.1 Å². The molecular formula is C18H20Cl2N4O. The van der Waals surface area contributed by atoms with Crippen molar-refractivity contribution in [2.24, 2.45) is 5.73 Å². The summed E-state index contributed by atoms with van der Waals surface area (Å²) in [4.78, 5) is 4.62. The number of pyridine rings is 1. The number of benzene rings is 1. The fourth-order valence-electron chi connectivity index (χ4n) is 3.08. The van der Waals surface area contributed by atoms with Gasteiger partial charge in [0.1, 0.15) is 0 Å². The summed E-state index contributed by atoms with van der Waals surface area (Å²) >= 11 is 12.5. The molecule has 0 fully saturated rings. The number of nitrogens with zero attached hydrogens (tertiary/aromatic N) is 2. The summed E-state index contributed by atoms with van der Waals surface area (Å²) in [6.07, 6.45) is 1.85. The predicted octanol–water partition coefficient (Wildman–Crippen LogP) is 3.70. The molecule has 3 aromatic rings. The highest BCUT2D eigenvalue weighted by Gasteiger charge is 2.21. The molecular weight excluding hydrogens is 359 g/mol. The molecule has 0 radical (unpaired) electrons. The van der Waals surface area contributed by atoms with E-state index < -0.39 is 0 Å². The molecule has 2 heterocycles. The molecule has 0 aliphatic heterocycles. The van der Waals surface area contributed by atoms with E-state index in [1.807, 2.05) is 26.2 Å². The van der Waals surface area contributed by atoms with Crippen molar-refractivity contribution in [1.29, 1.82) is 0 Å². The Bertz CT molecular complexity index is 937. The van der Waals surface area contributed by atoms with Crippen LogP contribution in [0.4, 0.5) is 0 Å². The number of aryl methyl sites for hydroxylation is 1. The van der Waals surface area contributed by atoms with Gasteiger partial charge in [-0.15, -0.1) is 0 Å². The number of likely N-dealkylation sites (N-methyl/N-ethyl adjacent to an activating group) is 1. The fourth-order valence-corrected chi connectivity index (χ4v) is 3.58. The van der Waals surface area contributed by atoms with Crippen LogP contribution in [0.15, 0.2) is 24.4 Å². The van der Waals surface area contributed by atoms with Crippen LogP contribution in [-0.4, -0.2) is 28.3 Å². The van der Waals surface area contributed by atoms with Crippen LogP contribution in [0.3, 0.4) is 0 Å². The van der Waals surface area contributed by atoms with Crippen LogP contribution < -0.4 is 11.1 Å². The maximum atomic E-state index is 10.8. The summed E-state index contributed by atoms with van der Waals surface area (Å²) in [5, 5.41) is 15.6. The summed E-state index contributed by atoms with van der Waals surface area (Å²) in [7, 11) is 1.87. The number of halogens is 2. The lowest BCUT2D eigenvalue weighted by molar-refractivity contribution is 0.420. The van der Waals surface area contributed by atoms with Gasteiger partial charge in [0.05, 0.1) is 10.9 Å². The van der Waals surface area contributed by atoms with Gasteiger partial charge in [0.25, 0.3) is 0 Å². The third-order valence-electron chi connectivity index (χ3n) is 4.31. The minimum atomic E-state index is 0.161. The molecule has 2 aromatic heterocycles. The SMILES string of the molecule is CNCCn1cc2nc(C)c(CN)c(-c3ccc(Cl)cc3Cl)c2c1O. The highest BCUT2D eigenvalue weighted by atomic mass is 35.5. The predicted molar refractivity (Wildman–Crippen MR) is 103 cm³/mol. The summed E-state index contributed by atoms with van der Waals surface area (Å²) in [5.74, 6) is 0.161. The molecule has 5 nitrogen and oxygen atoms in total. The number of aromatic nitrogens is 2. The lowest BCUT2D eigenvalue weighted by Gasteiger charge is -2.14. The number of rotatable bonds is 5. The highest BCUT2D eigenvalue weighted by molar-refractivity contribution is 6.36. The second-order valence-corrected chi connectivity index (χ2v) is 6.73. The minimum absolute atomic E-state index is 0.161. The molecule has 0 bridgehead atoms. The first kappa shape index (κ1) is 18.0. The van der Waals surface area contributed by atoms with Crippen molar-refractivity contribution in [2.45, 2.75) is 20.0 Å². The summed E-state index contributed by atoms with van der Waals surface area (Å²) in [5.41, 5.74) is 9.98. The Hall–Kier alpha value is -1.79. The number of aromatic hydroxyl groups is 1. The molecule has 0 saturated heterocycles. The zero-order valence-corrected chi connectivity index (χ0v) is 15.6. The molecule has 25 heavy (non-hydrogen) atoms. The molecule has 1 aromatic carbocycles. The van der Waals surface area contributed by atoms with Crippen molar-refractivity contribution >= 4 is 34.1 Å². The van der Waals surface area contributed by atoms with Gasteiger partial charge in [-0.3, -0.25) is 4.98 Å². The van der Waals surface area contributed by atoms with Crippen LogP contribution in [0.25, 0.3) is 22.0 Å². The van der Waals surface area contributed by atoms with Crippen LogP contribution in [-0.2, 0) is 13.1 Å². The smallest absolute Gasteiger partial charge is 0.201 e. The number of nitrogens with one attached hydrogen (secondary N) is 1. The molecule has 7 heteroatoms. The summed E-state index contributed by atoms with van der Waals surface area (Å²) in [6.45, 7) is 3.57. The van der Waals surface area contributed by atoms with Crippen LogP contribution in [0, 0.1) is 6.92 Å². The van der Waals surface area contributed by atoms with Crippen LogP contribution in [0.5, 0.6) is 5.88 Å². The van der Waals surface area contributed by atoms with Crippen LogP contribution >= 0.6 is 23.2 Å². The maximum Gasteiger partial charge on any atom is 0.201 e. The molecule has 0 unspecified atom stereocenters. The van der Waals surface area contributed by atoms with Crippen LogP contribution in [0.1, 0.15) is 11.3 Å². The quantitative estimate of drug-likeness (QED) is 0.632. The standard InChI is InChI=1S/C18H20Cl2N4O/c1-10-13(8-21)16(12-4-3-11(19)7-14(12)20)17-15(23-10)9-24(18(17)25)6-5-22-2/h3-4,7,9,22,25H,5-6,8,21H2,1-2H3. The monoisotopic (exact) mass is 378 g/mol. The number of hydrogen-bond acceptors (Lipinski definition) is 4. The van der Waals surface area contributed by atoms with Gasteiger partial charge in [0, 0.05) is 52.7 Å². The Balaban J connectivity index is 2.36. The first-order chi connectivity index (χ1) is 12.0. The zero-order valence-electron chi connectivity index (χ0n) is 14.1. The van der Waals surface area contributed by atoms with Gasteiger partial charge in [0.15, 0.2) is 0 Å². The molecule has 0 atom stereocenters. The van der Waals surface area contributed by atoms with E-state index in [0.717, 1.165) is 28.9 Å². The molecule has 3 rings (SSSR count).